The minimum atomic E-state index is -5.71. The molecule has 0 amide bonds. The van der Waals surface area contributed by atoms with Crippen LogP contribution < -0.4 is 10.5 Å². The number of benzene rings is 2. The third kappa shape index (κ3) is 4.58. The van der Waals surface area contributed by atoms with Crippen LogP contribution in [-0.4, -0.2) is 12.1 Å². The van der Waals surface area contributed by atoms with Gasteiger partial charge in [0.05, 0.1) is 0 Å². The van der Waals surface area contributed by atoms with Crippen molar-refractivity contribution in [3.63, 3.8) is 0 Å². The lowest BCUT2D eigenvalue weighted by molar-refractivity contribution is -0.291. The molecule has 2 rings (SSSR count). The van der Waals surface area contributed by atoms with Crippen molar-refractivity contribution < 1.29 is 26.7 Å². The number of nitrogens with two attached hydrogens (primary N) is 1. The van der Waals surface area contributed by atoms with Crippen molar-refractivity contribution >= 4 is 12.4 Å². The first-order chi connectivity index (χ1) is 10.7. The van der Waals surface area contributed by atoms with Crippen molar-refractivity contribution in [3.05, 3.63) is 65.7 Å². The lowest BCUT2D eigenvalue weighted by atomic mass is 10.0. The van der Waals surface area contributed by atoms with Crippen LogP contribution in [-0.2, 0) is 6.61 Å². The summed E-state index contributed by atoms with van der Waals surface area (Å²) in [4.78, 5) is 0. The second-order valence-corrected chi connectivity index (χ2v) is 4.95. The third-order valence-corrected chi connectivity index (χ3v) is 3.23. The van der Waals surface area contributed by atoms with Gasteiger partial charge in [-0.3, -0.25) is 0 Å². The van der Waals surface area contributed by atoms with Crippen LogP contribution in [0, 0.1) is 0 Å². The zero-order chi connectivity index (χ0) is 17.1. The monoisotopic (exact) mass is 367 g/mol. The van der Waals surface area contributed by atoms with Gasteiger partial charge in [-0.2, -0.15) is 22.0 Å². The second kappa shape index (κ2) is 7.81. The van der Waals surface area contributed by atoms with E-state index in [1.54, 1.807) is 24.3 Å². The number of ether oxygens (including phenoxy) is 1. The predicted molar refractivity (Wildman–Crippen MR) is 82.4 cm³/mol. The first kappa shape index (κ1) is 20.2. The molecule has 1 atom stereocenters. The lowest BCUT2D eigenvalue weighted by Crippen LogP contribution is -2.45. The minimum absolute atomic E-state index is 0. The summed E-state index contributed by atoms with van der Waals surface area (Å²) in [7, 11) is 0. The van der Waals surface area contributed by atoms with Gasteiger partial charge in [-0.05, 0) is 23.3 Å². The summed E-state index contributed by atoms with van der Waals surface area (Å²) in [5.74, 6) is -4.86. The van der Waals surface area contributed by atoms with E-state index in [-0.39, 0.29) is 30.3 Å². The molecule has 24 heavy (non-hydrogen) atoms. The molecular weight excluding hydrogens is 353 g/mol. The van der Waals surface area contributed by atoms with E-state index in [9.17, 15) is 22.0 Å². The van der Waals surface area contributed by atoms with Gasteiger partial charge in [-0.25, -0.2) is 0 Å². The number of hydrogen-bond donors (Lipinski definition) is 1. The van der Waals surface area contributed by atoms with Crippen molar-refractivity contribution in [2.45, 2.75) is 24.7 Å². The summed E-state index contributed by atoms with van der Waals surface area (Å²) >= 11 is 0. The molecule has 0 fully saturated rings. The molecule has 8 heteroatoms. The molecular formula is C16H15ClF5NO. The van der Waals surface area contributed by atoms with E-state index in [2.05, 4.69) is 0 Å². The second-order valence-electron chi connectivity index (χ2n) is 4.95. The molecule has 2 N–H and O–H groups in total. The Labute approximate surface area is 141 Å². The standard InChI is InChI=1S/C16H14F5NO.ClH/c17-15(18,16(19,20)21)14(22)12-7-4-8-13(9-12)23-10-11-5-2-1-3-6-11;/h1-9,14H,10,22H2;1H/t14-;/m0./s1. The number of hydrogen-bond acceptors (Lipinski definition) is 2. The maximum atomic E-state index is 13.3. The van der Waals surface area contributed by atoms with Crippen molar-refractivity contribution in [3.8, 4) is 5.75 Å². The van der Waals surface area contributed by atoms with Crippen molar-refractivity contribution in [1.29, 1.82) is 0 Å². The molecule has 0 aliphatic rings. The van der Waals surface area contributed by atoms with Gasteiger partial charge in [0.1, 0.15) is 18.4 Å². The molecule has 0 radical (unpaired) electrons. The van der Waals surface area contributed by atoms with E-state index in [4.69, 9.17) is 10.5 Å². The molecule has 2 nitrogen and oxygen atoms in total. The quantitative estimate of drug-likeness (QED) is 0.764. The Bertz CT molecular complexity index is 648. The van der Waals surface area contributed by atoms with Crippen LogP contribution in [0.3, 0.4) is 0 Å². The van der Waals surface area contributed by atoms with E-state index >= 15 is 0 Å². The molecule has 2 aromatic rings. The summed E-state index contributed by atoms with van der Waals surface area (Å²) in [6.45, 7) is 0.162. The average Bonchev–Trinajstić information content (AvgIpc) is 2.52. The van der Waals surface area contributed by atoms with Gasteiger partial charge >= 0.3 is 12.1 Å². The first-order valence-electron chi connectivity index (χ1n) is 6.68. The topological polar surface area (TPSA) is 35.2 Å². The molecule has 0 heterocycles. The number of rotatable bonds is 5. The molecule has 0 spiro atoms. The fourth-order valence-corrected chi connectivity index (χ4v) is 1.92. The Morgan fingerprint density at radius 1 is 0.917 bits per heavy atom. The van der Waals surface area contributed by atoms with Gasteiger partial charge in [0.25, 0.3) is 0 Å². The summed E-state index contributed by atoms with van der Waals surface area (Å²) < 4.78 is 69.1. The van der Waals surface area contributed by atoms with Crippen LogP contribution in [0.25, 0.3) is 0 Å². The molecule has 2 aromatic carbocycles. The highest BCUT2D eigenvalue weighted by Crippen LogP contribution is 2.43. The zero-order valence-corrected chi connectivity index (χ0v) is 13.1. The van der Waals surface area contributed by atoms with E-state index in [1.807, 2.05) is 6.07 Å². The van der Waals surface area contributed by atoms with Crippen LogP contribution >= 0.6 is 12.4 Å². The summed E-state index contributed by atoms with van der Waals surface area (Å²) in [5.41, 5.74) is 5.60. The van der Waals surface area contributed by atoms with Crippen molar-refractivity contribution in [2.75, 3.05) is 0 Å². The maximum absolute atomic E-state index is 13.3. The fourth-order valence-electron chi connectivity index (χ4n) is 1.92. The van der Waals surface area contributed by atoms with Crippen LogP contribution in [0.15, 0.2) is 54.6 Å². The Morgan fingerprint density at radius 3 is 2.12 bits per heavy atom. The Morgan fingerprint density at radius 2 is 1.54 bits per heavy atom. The van der Waals surface area contributed by atoms with Gasteiger partial charge in [0.15, 0.2) is 0 Å². The Hall–Kier alpha value is -1.86. The van der Waals surface area contributed by atoms with Gasteiger partial charge in [-0.15, -0.1) is 12.4 Å². The summed E-state index contributed by atoms with van der Waals surface area (Å²) in [6.07, 6.45) is -5.71. The summed E-state index contributed by atoms with van der Waals surface area (Å²) in [6, 6.07) is 11.5. The molecule has 0 bridgehead atoms. The van der Waals surface area contributed by atoms with Gasteiger partial charge in [0.2, 0.25) is 0 Å². The van der Waals surface area contributed by atoms with Gasteiger partial charge in [0, 0.05) is 0 Å². The Kier molecular flexibility index (Phi) is 6.57. The first-order valence-corrected chi connectivity index (χ1v) is 6.68. The minimum Gasteiger partial charge on any atom is -0.489 e. The highest BCUT2D eigenvalue weighted by molar-refractivity contribution is 5.85. The Balaban J connectivity index is 0.00000288. The molecule has 0 aliphatic heterocycles. The van der Waals surface area contributed by atoms with Crippen LogP contribution in [0.1, 0.15) is 17.2 Å². The van der Waals surface area contributed by atoms with Crippen molar-refractivity contribution in [1.82, 2.24) is 0 Å². The average molecular weight is 368 g/mol. The number of alkyl halides is 5. The highest BCUT2D eigenvalue weighted by Gasteiger charge is 2.61. The summed E-state index contributed by atoms with van der Waals surface area (Å²) in [5, 5.41) is 0. The SMILES string of the molecule is Cl.N[C@@H](c1cccc(OCc2ccccc2)c1)C(F)(F)C(F)(F)F. The third-order valence-electron chi connectivity index (χ3n) is 3.23. The lowest BCUT2D eigenvalue weighted by Gasteiger charge is -2.26. The van der Waals surface area contributed by atoms with Crippen LogP contribution in [0.2, 0.25) is 0 Å². The number of halogens is 6. The molecule has 0 unspecified atom stereocenters. The fraction of sp³-hybridized carbons (Fsp3) is 0.250. The smallest absolute Gasteiger partial charge is 0.455 e. The van der Waals surface area contributed by atoms with E-state index in [0.717, 1.165) is 17.7 Å². The molecule has 0 saturated carbocycles. The van der Waals surface area contributed by atoms with Crippen LogP contribution in [0.4, 0.5) is 22.0 Å². The largest absolute Gasteiger partial charge is 0.489 e. The predicted octanol–water partition coefficient (Wildman–Crippen LogP) is 4.88. The van der Waals surface area contributed by atoms with Crippen molar-refractivity contribution in [2.24, 2.45) is 5.73 Å². The molecule has 0 aliphatic carbocycles. The molecule has 132 valence electrons. The normalized spacial score (nSPS) is 13.1. The van der Waals surface area contributed by atoms with E-state index in [0.29, 0.717) is 0 Å². The molecule has 0 aromatic heterocycles. The van der Waals surface area contributed by atoms with E-state index < -0.39 is 18.1 Å². The van der Waals surface area contributed by atoms with E-state index in [1.165, 1.54) is 12.1 Å². The van der Waals surface area contributed by atoms with Crippen LogP contribution in [0.5, 0.6) is 5.75 Å². The highest BCUT2D eigenvalue weighted by atomic mass is 35.5. The zero-order valence-electron chi connectivity index (χ0n) is 12.3. The van der Waals surface area contributed by atoms with Gasteiger partial charge < -0.3 is 10.5 Å². The maximum Gasteiger partial charge on any atom is 0.455 e. The van der Waals surface area contributed by atoms with Gasteiger partial charge in [-0.1, -0.05) is 42.5 Å². The molecule has 0 saturated heterocycles.